The average Bonchev–Trinajstić information content (AvgIpc) is 2.60. The van der Waals surface area contributed by atoms with Gasteiger partial charge in [-0.3, -0.25) is 0 Å². The molecule has 2 atom stereocenters. The topological polar surface area (TPSA) is 74.0 Å². The fourth-order valence-electron chi connectivity index (χ4n) is 2.85. The molecule has 2 saturated heterocycles. The maximum absolute atomic E-state index is 12.2. The zero-order valence-corrected chi connectivity index (χ0v) is 13.4. The molecule has 2 aliphatic rings. The van der Waals surface area contributed by atoms with Crippen LogP contribution in [0.15, 0.2) is 0 Å². The third-order valence-electron chi connectivity index (χ3n) is 3.90. The van der Waals surface area contributed by atoms with Crippen LogP contribution in [0.2, 0.25) is 0 Å². The standard InChI is InChI=1S/C15H28N2O4/c1-14(2,3)21-13(18)17-7-4-5-15(6-8-17)11-19-10-12(9-16)20-15/h12H,4-11,16H2,1-3H3. The first-order valence-corrected chi connectivity index (χ1v) is 7.77. The Bertz CT molecular complexity index is 369. The summed E-state index contributed by atoms with van der Waals surface area (Å²) in [6.45, 7) is 8.61. The maximum Gasteiger partial charge on any atom is 0.410 e. The van der Waals surface area contributed by atoms with Crippen LogP contribution in [0.4, 0.5) is 4.79 Å². The molecule has 2 heterocycles. The molecule has 2 unspecified atom stereocenters. The Morgan fingerprint density at radius 3 is 2.81 bits per heavy atom. The molecule has 0 radical (unpaired) electrons. The Balaban J connectivity index is 1.94. The average molecular weight is 300 g/mol. The molecule has 0 aromatic carbocycles. The maximum atomic E-state index is 12.2. The number of likely N-dealkylation sites (tertiary alicyclic amines) is 1. The molecule has 0 saturated carbocycles. The van der Waals surface area contributed by atoms with Crippen LogP contribution < -0.4 is 5.73 Å². The third kappa shape index (κ3) is 4.56. The minimum absolute atomic E-state index is 0.0353. The van der Waals surface area contributed by atoms with Crippen LogP contribution in [0.3, 0.4) is 0 Å². The van der Waals surface area contributed by atoms with Crippen LogP contribution in [0, 0.1) is 0 Å². The van der Waals surface area contributed by atoms with Crippen LogP contribution >= 0.6 is 0 Å². The zero-order valence-electron chi connectivity index (χ0n) is 13.4. The number of hydrogen-bond acceptors (Lipinski definition) is 5. The normalized spacial score (nSPS) is 31.0. The van der Waals surface area contributed by atoms with E-state index in [-0.39, 0.29) is 17.8 Å². The summed E-state index contributed by atoms with van der Waals surface area (Å²) in [4.78, 5) is 13.9. The Kier molecular flexibility index (Phi) is 5.11. The highest BCUT2D eigenvalue weighted by atomic mass is 16.6. The minimum Gasteiger partial charge on any atom is -0.444 e. The Hall–Kier alpha value is -0.850. The number of ether oxygens (including phenoxy) is 3. The molecule has 6 heteroatoms. The largest absolute Gasteiger partial charge is 0.444 e. The lowest BCUT2D eigenvalue weighted by Gasteiger charge is -2.40. The zero-order chi connectivity index (χ0) is 15.5. The second-order valence-corrected chi connectivity index (χ2v) is 6.99. The molecule has 2 fully saturated rings. The highest BCUT2D eigenvalue weighted by molar-refractivity contribution is 5.68. The van der Waals surface area contributed by atoms with Crippen molar-refractivity contribution < 1.29 is 19.0 Å². The van der Waals surface area contributed by atoms with Gasteiger partial charge >= 0.3 is 6.09 Å². The van der Waals surface area contributed by atoms with Crippen molar-refractivity contribution in [2.75, 3.05) is 32.8 Å². The molecule has 0 aliphatic carbocycles. The van der Waals surface area contributed by atoms with E-state index in [1.165, 1.54) is 0 Å². The van der Waals surface area contributed by atoms with Gasteiger partial charge in [0.1, 0.15) is 5.60 Å². The van der Waals surface area contributed by atoms with Crippen LogP contribution in [0.5, 0.6) is 0 Å². The SMILES string of the molecule is CC(C)(C)OC(=O)N1CCCC2(CC1)COCC(CN)O2. The second-order valence-electron chi connectivity index (χ2n) is 6.99. The fraction of sp³-hybridized carbons (Fsp3) is 0.933. The third-order valence-corrected chi connectivity index (χ3v) is 3.90. The number of rotatable bonds is 1. The lowest BCUT2D eigenvalue weighted by molar-refractivity contribution is -0.199. The highest BCUT2D eigenvalue weighted by Gasteiger charge is 2.40. The van der Waals surface area contributed by atoms with Gasteiger partial charge in [-0.2, -0.15) is 0 Å². The molecule has 1 amide bonds. The van der Waals surface area contributed by atoms with Crippen molar-refractivity contribution in [1.82, 2.24) is 4.90 Å². The fourth-order valence-corrected chi connectivity index (χ4v) is 2.85. The second kappa shape index (κ2) is 6.50. The van der Waals surface area contributed by atoms with Crippen LogP contribution in [0.1, 0.15) is 40.0 Å². The molecule has 2 rings (SSSR count). The monoisotopic (exact) mass is 300 g/mol. The van der Waals surface area contributed by atoms with E-state index in [1.807, 2.05) is 20.8 Å². The summed E-state index contributed by atoms with van der Waals surface area (Å²) < 4.78 is 17.2. The quantitative estimate of drug-likeness (QED) is 0.795. The predicted molar refractivity (Wildman–Crippen MR) is 79.1 cm³/mol. The summed E-state index contributed by atoms with van der Waals surface area (Å²) in [5.41, 5.74) is 4.93. The van der Waals surface area contributed by atoms with Gasteiger partial charge in [0.15, 0.2) is 0 Å². The van der Waals surface area contributed by atoms with Crippen molar-refractivity contribution in [3.05, 3.63) is 0 Å². The van der Waals surface area contributed by atoms with Crippen molar-refractivity contribution in [2.45, 2.75) is 57.3 Å². The molecule has 2 N–H and O–H groups in total. The van der Waals surface area contributed by atoms with Gasteiger partial charge in [0.25, 0.3) is 0 Å². The van der Waals surface area contributed by atoms with Gasteiger partial charge in [0.2, 0.25) is 0 Å². The number of amides is 1. The lowest BCUT2D eigenvalue weighted by Crippen LogP contribution is -2.50. The number of hydrogen-bond donors (Lipinski definition) is 1. The van der Waals surface area contributed by atoms with Gasteiger partial charge in [-0.1, -0.05) is 0 Å². The predicted octanol–water partition coefficient (Wildman–Crippen LogP) is 1.52. The van der Waals surface area contributed by atoms with Crippen molar-refractivity contribution in [1.29, 1.82) is 0 Å². The van der Waals surface area contributed by atoms with E-state index in [4.69, 9.17) is 19.9 Å². The van der Waals surface area contributed by atoms with Crippen molar-refractivity contribution in [3.63, 3.8) is 0 Å². The van der Waals surface area contributed by atoms with Crippen molar-refractivity contribution in [2.24, 2.45) is 5.73 Å². The molecule has 122 valence electrons. The van der Waals surface area contributed by atoms with E-state index in [1.54, 1.807) is 4.90 Å². The van der Waals surface area contributed by atoms with Gasteiger partial charge in [-0.25, -0.2) is 4.79 Å². The molecule has 6 nitrogen and oxygen atoms in total. The highest BCUT2D eigenvalue weighted by Crippen LogP contribution is 2.31. The first kappa shape index (κ1) is 16.5. The minimum atomic E-state index is -0.462. The van der Waals surface area contributed by atoms with Gasteiger partial charge < -0.3 is 24.8 Å². The molecule has 0 aromatic heterocycles. The van der Waals surface area contributed by atoms with Crippen molar-refractivity contribution in [3.8, 4) is 0 Å². The van der Waals surface area contributed by atoms with Gasteiger partial charge in [-0.15, -0.1) is 0 Å². The first-order valence-electron chi connectivity index (χ1n) is 7.77. The smallest absolute Gasteiger partial charge is 0.410 e. The van der Waals surface area contributed by atoms with Crippen molar-refractivity contribution >= 4 is 6.09 Å². The summed E-state index contributed by atoms with van der Waals surface area (Å²) in [5.74, 6) is 0. The van der Waals surface area contributed by atoms with E-state index in [9.17, 15) is 4.79 Å². The molecule has 21 heavy (non-hydrogen) atoms. The Labute approximate surface area is 126 Å². The summed E-state index contributed by atoms with van der Waals surface area (Å²) in [7, 11) is 0. The van der Waals surface area contributed by atoms with E-state index in [0.29, 0.717) is 32.8 Å². The van der Waals surface area contributed by atoms with E-state index in [0.717, 1.165) is 19.3 Å². The number of nitrogens with zero attached hydrogens (tertiary/aromatic N) is 1. The van der Waals surface area contributed by atoms with Gasteiger partial charge in [0, 0.05) is 19.6 Å². The number of carbonyl (C=O) groups is 1. The summed E-state index contributed by atoms with van der Waals surface area (Å²) >= 11 is 0. The van der Waals surface area contributed by atoms with E-state index in [2.05, 4.69) is 0 Å². The first-order chi connectivity index (χ1) is 9.84. The van der Waals surface area contributed by atoms with Gasteiger partial charge in [0.05, 0.1) is 24.9 Å². The van der Waals surface area contributed by atoms with E-state index < -0.39 is 5.60 Å². The van der Waals surface area contributed by atoms with Crippen LogP contribution in [-0.4, -0.2) is 61.1 Å². The molecular formula is C15H28N2O4. The molecule has 1 spiro atoms. The molecule has 2 aliphatic heterocycles. The summed E-state index contributed by atoms with van der Waals surface area (Å²) in [6.07, 6.45) is 2.27. The number of carbonyl (C=O) groups excluding carboxylic acids is 1. The Morgan fingerprint density at radius 2 is 2.14 bits per heavy atom. The van der Waals surface area contributed by atoms with Crippen LogP contribution in [-0.2, 0) is 14.2 Å². The molecular weight excluding hydrogens is 272 g/mol. The van der Waals surface area contributed by atoms with Gasteiger partial charge in [-0.05, 0) is 40.0 Å². The Morgan fingerprint density at radius 1 is 1.38 bits per heavy atom. The van der Waals surface area contributed by atoms with Crippen LogP contribution in [0.25, 0.3) is 0 Å². The summed E-state index contributed by atoms with van der Waals surface area (Å²) in [5, 5.41) is 0. The number of nitrogens with two attached hydrogens (primary N) is 1. The van der Waals surface area contributed by atoms with E-state index >= 15 is 0 Å². The molecule has 0 aromatic rings. The lowest BCUT2D eigenvalue weighted by atomic mass is 9.94. The molecule has 0 bridgehead atoms. The summed E-state index contributed by atoms with van der Waals surface area (Å²) in [6, 6.07) is 0.